The molecule has 0 atom stereocenters. The average molecular weight is 509 g/mol. The number of hydrogen-bond acceptors (Lipinski definition) is 5. The van der Waals surface area contributed by atoms with Gasteiger partial charge >= 0.3 is 0 Å². The van der Waals surface area contributed by atoms with Gasteiger partial charge in [-0.25, -0.2) is 8.42 Å². The quantitative estimate of drug-likeness (QED) is 0.455. The molecule has 186 valence electrons. The fourth-order valence-electron chi connectivity index (χ4n) is 3.42. The summed E-state index contributed by atoms with van der Waals surface area (Å²) in [6.45, 7) is 11.4. The van der Waals surface area contributed by atoms with Crippen LogP contribution < -0.4 is 10.6 Å². The van der Waals surface area contributed by atoms with E-state index < -0.39 is 15.9 Å². The molecule has 10 heteroatoms. The fraction of sp³-hybridized carbons (Fsp3) is 0.417. The Morgan fingerprint density at radius 1 is 0.853 bits per heavy atom. The van der Waals surface area contributed by atoms with Gasteiger partial charge in [-0.2, -0.15) is 4.31 Å². The smallest absolute Gasteiger partial charge is 0.255 e. The van der Waals surface area contributed by atoms with Crippen LogP contribution in [-0.4, -0.2) is 68.7 Å². The molecular formula is C24H33ClN4O4S. The molecule has 2 amide bonds. The third kappa shape index (κ3) is 7.02. The summed E-state index contributed by atoms with van der Waals surface area (Å²) in [4.78, 5) is 27.2. The molecule has 0 saturated carbocycles. The fourth-order valence-corrected chi connectivity index (χ4v) is 5.38. The number of hydrogen-bond donors (Lipinski definition) is 2. The Kier molecular flexibility index (Phi) is 10.5. The van der Waals surface area contributed by atoms with Gasteiger partial charge in [0.05, 0.1) is 5.02 Å². The van der Waals surface area contributed by atoms with Crippen molar-refractivity contribution in [3.63, 3.8) is 0 Å². The van der Waals surface area contributed by atoms with E-state index in [4.69, 9.17) is 11.6 Å². The van der Waals surface area contributed by atoms with Crippen LogP contribution in [0.4, 0.5) is 5.69 Å². The third-order valence-electron chi connectivity index (χ3n) is 5.53. The van der Waals surface area contributed by atoms with Crippen LogP contribution >= 0.6 is 11.6 Å². The highest BCUT2D eigenvalue weighted by Crippen LogP contribution is 2.26. The minimum Gasteiger partial charge on any atom is -0.351 e. The lowest BCUT2D eigenvalue weighted by Crippen LogP contribution is -2.34. The van der Waals surface area contributed by atoms with E-state index in [1.165, 1.54) is 22.5 Å². The third-order valence-corrected chi connectivity index (χ3v) is 8.06. The molecule has 8 nitrogen and oxygen atoms in total. The van der Waals surface area contributed by atoms with Gasteiger partial charge in [-0.1, -0.05) is 39.3 Å². The Morgan fingerprint density at radius 2 is 1.44 bits per heavy atom. The molecule has 2 rings (SSSR count). The number of anilines is 1. The Balaban J connectivity index is 2.08. The van der Waals surface area contributed by atoms with Crippen molar-refractivity contribution in [2.45, 2.75) is 32.6 Å². The second-order valence-corrected chi connectivity index (χ2v) is 9.86. The Bertz CT molecular complexity index is 1080. The zero-order valence-corrected chi connectivity index (χ0v) is 21.7. The van der Waals surface area contributed by atoms with Crippen LogP contribution in [0.2, 0.25) is 5.02 Å². The molecule has 0 saturated heterocycles. The number of carbonyl (C=O) groups is 2. The van der Waals surface area contributed by atoms with E-state index in [0.29, 0.717) is 30.9 Å². The summed E-state index contributed by atoms with van der Waals surface area (Å²) in [5.41, 5.74) is 1.12. The molecule has 0 aliphatic heterocycles. The predicted octanol–water partition coefficient (Wildman–Crippen LogP) is 3.69. The number of likely N-dealkylation sites (N-methyl/N-ethyl adjacent to an activating group) is 1. The first-order valence-electron chi connectivity index (χ1n) is 11.4. The molecule has 0 unspecified atom stereocenters. The SMILES string of the molecule is CCN(CC)CCNC(=O)c1ccc(NC(=O)c2ccc(Cl)c(S(=O)(=O)N(CC)CC)c2)cc1. The highest BCUT2D eigenvalue weighted by atomic mass is 35.5. The molecule has 0 aliphatic rings. The summed E-state index contributed by atoms with van der Waals surface area (Å²) in [7, 11) is -3.82. The number of rotatable bonds is 12. The number of carbonyl (C=O) groups excluding carboxylic acids is 2. The standard InChI is InChI=1S/C24H33ClN4O4S/c1-5-28(6-2)16-15-26-23(30)18-9-12-20(13-10-18)27-24(31)19-11-14-21(25)22(17-19)34(32,33)29(7-3)8-4/h9-14,17H,5-8,15-16H2,1-4H3,(H,26,30)(H,27,31). The van der Waals surface area contributed by atoms with Crippen LogP contribution in [0.5, 0.6) is 0 Å². The second-order valence-electron chi connectivity index (χ2n) is 7.55. The molecule has 34 heavy (non-hydrogen) atoms. The van der Waals surface area contributed by atoms with Gasteiger partial charge in [-0.3, -0.25) is 9.59 Å². The molecular weight excluding hydrogens is 476 g/mol. The van der Waals surface area contributed by atoms with Crippen molar-refractivity contribution >= 4 is 39.1 Å². The molecule has 0 aromatic heterocycles. The lowest BCUT2D eigenvalue weighted by Gasteiger charge is -2.19. The maximum Gasteiger partial charge on any atom is 0.255 e. The molecule has 0 aliphatic carbocycles. The highest BCUT2D eigenvalue weighted by Gasteiger charge is 2.25. The van der Waals surface area contributed by atoms with E-state index in [1.54, 1.807) is 38.1 Å². The van der Waals surface area contributed by atoms with Crippen LogP contribution in [-0.2, 0) is 10.0 Å². The number of benzene rings is 2. The van der Waals surface area contributed by atoms with Crippen LogP contribution in [0, 0.1) is 0 Å². The minimum absolute atomic E-state index is 0.0554. The lowest BCUT2D eigenvalue weighted by atomic mass is 10.1. The molecule has 0 bridgehead atoms. The Hall–Kier alpha value is -2.46. The number of halogens is 1. The summed E-state index contributed by atoms with van der Waals surface area (Å²) in [6.07, 6.45) is 0. The first-order valence-corrected chi connectivity index (χ1v) is 13.2. The van der Waals surface area contributed by atoms with Gasteiger partial charge in [-0.15, -0.1) is 0 Å². The zero-order valence-electron chi connectivity index (χ0n) is 20.1. The Labute approximate surface area is 207 Å². The van der Waals surface area contributed by atoms with E-state index >= 15 is 0 Å². The molecule has 2 aromatic rings. The summed E-state index contributed by atoms with van der Waals surface area (Å²) in [5, 5.41) is 5.67. The normalized spacial score (nSPS) is 11.6. The number of sulfonamides is 1. The summed E-state index contributed by atoms with van der Waals surface area (Å²) < 4.78 is 27.0. The van der Waals surface area contributed by atoms with E-state index in [-0.39, 0.29) is 21.4 Å². The summed E-state index contributed by atoms with van der Waals surface area (Å²) in [6, 6.07) is 10.7. The van der Waals surface area contributed by atoms with Gasteiger partial charge in [0.1, 0.15) is 4.90 Å². The van der Waals surface area contributed by atoms with Crippen molar-refractivity contribution in [2.24, 2.45) is 0 Å². The van der Waals surface area contributed by atoms with Gasteiger partial charge in [-0.05, 0) is 55.6 Å². The first kappa shape index (κ1) is 27.8. The maximum atomic E-state index is 12.9. The molecule has 2 N–H and O–H groups in total. The summed E-state index contributed by atoms with van der Waals surface area (Å²) >= 11 is 6.14. The molecule has 0 spiro atoms. The van der Waals surface area contributed by atoms with Crippen molar-refractivity contribution in [3.8, 4) is 0 Å². The van der Waals surface area contributed by atoms with Crippen molar-refractivity contribution in [2.75, 3.05) is 44.6 Å². The number of nitrogens with one attached hydrogen (secondary N) is 2. The lowest BCUT2D eigenvalue weighted by molar-refractivity contribution is 0.0948. The number of nitrogens with zero attached hydrogens (tertiary/aromatic N) is 2. The van der Waals surface area contributed by atoms with Crippen LogP contribution in [0.1, 0.15) is 48.4 Å². The van der Waals surface area contributed by atoms with Crippen LogP contribution in [0.3, 0.4) is 0 Å². The van der Waals surface area contributed by atoms with Gasteiger partial charge in [0.25, 0.3) is 11.8 Å². The predicted molar refractivity (Wildman–Crippen MR) is 136 cm³/mol. The topological polar surface area (TPSA) is 98.8 Å². The monoisotopic (exact) mass is 508 g/mol. The zero-order chi connectivity index (χ0) is 25.3. The van der Waals surface area contributed by atoms with Crippen molar-refractivity contribution in [1.29, 1.82) is 0 Å². The highest BCUT2D eigenvalue weighted by molar-refractivity contribution is 7.89. The minimum atomic E-state index is -3.82. The first-order chi connectivity index (χ1) is 16.2. The second kappa shape index (κ2) is 12.9. The maximum absolute atomic E-state index is 12.9. The van der Waals surface area contributed by atoms with Gasteiger partial charge < -0.3 is 15.5 Å². The average Bonchev–Trinajstić information content (AvgIpc) is 2.83. The Morgan fingerprint density at radius 3 is 2.00 bits per heavy atom. The summed E-state index contributed by atoms with van der Waals surface area (Å²) in [5.74, 6) is -0.668. The van der Waals surface area contributed by atoms with Crippen molar-refractivity contribution < 1.29 is 18.0 Å². The number of amides is 2. The molecule has 0 heterocycles. The van der Waals surface area contributed by atoms with Crippen LogP contribution in [0.25, 0.3) is 0 Å². The van der Waals surface area contributed by atoms with Crippen molar-refractivity contribution in [3.05, 3.63) is 58.6 Å². The van der Waals surface area contributed by atoms with Crippen LogP contribution in [0.15, 0.2) is 47.4 Å². The molecule has 0 fully saturated rings. The van der Waals surface area contributed by atoms with Crippen molar-refractivity contribution in [1.82, 2.24) is 14.5 Å². The largest absolute Gasteiger partial charge is 0.351 e. The molecule has 2 aromatic carbocycles. The van der Waals surface area contributed by atoms with Gasteiger partial charge in [0.2, 0.25) is 10.0 Å². The van der Waals surface area contributed by atoms with Gasteiger partial charge in [0.15, 0.2) is 0 Å². The van der Waals surface area contributed by atoms with Gasteiger partial charge in [0, 0.05) is 43.0 Å². The van der Waals surface area contributed by atoms with E-state index in [0.717, 1.165) is 19.6 Å². The molecule has 0 radical (unpaired) electrons. The van der Waals surface area contributed by atoms with E-state index in [9.17, 15) is 18.0 Å². The van der Waals surface area contributed by atoms with E-state index in [1.807, 2.05) is 0 Å². The van der Waals surface area contributed by atoms with E-state index in [2.05, 4.69) is 29.4 Å².